The van der Waals surface area contributed by atoms with Gasteiger partial charge >= 0.3 is 0 Å². The molecule has 1 aliphatic rings. The van der Waals surface area contributed by atoms with E-state index in [-0.39, 0.29) is 35.3 Å². The Balaban J connectivity index is 1.96. The van der Waals surface area contributed by atoms with E-state index in [4.69, 9.17) is 0 Å². The summed E-state index contributed by atoms with van der Waals surface area (Å²) in [6.07, 6.45) is -0.534. The minimum absolute atomic E-state index is 0.00274. The third kappa shape index (κ3) is 3.57. The second kappa shape index (κ2) is 7.37. The van der Waals surface area contributed by atoms with Gasteiger partial charge in [0, 0.05) is 24.6 Å². The highest BCUT2D eigenvalue weighted by Crippen LogP contribution is 2.30. The molecule has 28 heavy (non-hydrogen) atoms. The Morgan fingerprint density at radius 3 is 2.29 bits per heavy atom. The number of amides is 2. The lowest BCUT2D eigenvalue weighted by molar-refractivity contribution is -0.118. The molecular formula is C18H12F5N3O2. The first-order valence-corrected chi connectivity index (χ1v) is 8.00. The molecule has 0 spiro atoms. The van der Waals surface area contributed by atoms with Crippen LogP contribution in [0.4, 0.5) is 33.3 Å². The van der Waals surface area contributed by atoms with Crippen LogP contribution in [0.3, 0.4) is 0 Å². The minimum Gasteiger partial charge on any atom is -0.321 e. The maximum absolute atomic E-state index is 14.0. The number of halogens is 5. The van der Waals surface area contributed by atoms with Gasteiger partial charge in [0.1, 0.15) is 17.2 Å². The van der Waals surface area contributed by atoms with Gasteiger partial charge < -0.3 is 5.32 Å². The number of anilines is 2. The topological polar surface area (TPSA) is 61.8 Å². The van der Waals surface area contributed by atoms with Crippen LogP contribution in [0.25, 0.3) is 0 Å². The van der Waals surface area contributed by atoms with Gasteiger partial charge in [0.2, 0.25) is 5.91 Å². The number of nitrogens with zero attached hydrogens (tertiary/aromatic N) is 2. The number of carbonyl (C=O) groups excluding carboxylic acids is 2. The molecule has 146 valence electrons. The summed E-state index contributed by atoms with van der Waals surface area (Å²) in [5.74, 6) is -9.33. The molecule has 0 aliphatic carbocycles. The van der Waals surface area contributed by atoms with Gasteiger partial charge in [-0.2, -0.15) is 10.1 Å². The molecular weight excluding hydrogens is 385 g/mol. The second-order valence-corrected chi connectivity index (χ2v) is 5.98. The normalized spacial score (nSPS) is 14.1. The van der Waals surface area contributed by atoms with E-state index in [0.29, 0.717) is 5.56 Å². The molecule has 0 saturated carbocycles. The molecule has 0 radical (unpaired) electrons. The molecule has 0 atom stereocenters. The molecule has 10 heteroatoms. The van der Waals surface area contributed by atoms with Crippen LogP contribution in [-0.2, 0) is 9.59 Å². The smallest absolute Gasteiger partial charge is 0.271 e. The number of carbonyl (C=O) groups is 2. The van der Waals surface area contributed by atoms with E-state index in [1.165, 1.54) is 19.1 Å². The van der Waals surface area contributed by atoms with Crippen molar-refractivity contribution in [2.24, 2.45) is 5.10 Å². The van der Waals surface area contributed by atoms with E-state index in [9.17, 15) is 31.5 Å². The van der Waals surface area contributed by atoms with Gasteiger partial charge in [0.15, 0.2) is 23.3 Å². The largest absolute Gasteiger partial charge is 0.321 e. The Morgan fingerprint density at radius 1 is 1.04 bits per heavy atom. The summed E-state index contributed by atoms with van der Waals surface area (Å²) < 4.78 is 68.0. The predicted octanol–water partition coefficient (Wildman–Crippen LogP) is 3.81. The highest BCUT2D eigenvalue weighted by atomic mass is 19.2. The van der Waals surface area contributed by atoms with Crippen LogP contribution in [0.2, 0.25) is 0 Å². The average Bonchev–Trinajstić information content (AvgIpc) is 2.64. The quantitative estimate of drug-likeness (QED) is 0.633. The standard InChI is InChI=1S/C18H12F5N3O2/c1-8-6-9(19)2-3-12(8)24-18(28)13-4-5-14(27)26(25-13)17-15(22)10(20)7-11(21)16(17)23/h2-3,6-7H,4-5H2,1H3,(H,24,28). The molecule has 1 heterocycles. The maximum atomic E-state index is 14.0. The lowest BCUT2D eigenvalue weighted by Gasteiger charge is -2.24. The van der Waals surface area contributed by atoms with Crippen molar-refractivity contribution in [2.45, 2.75) is 19.8 Å². The van der Waals surface area contributed by atoms with E-state index >= 15 is 0 Å². The molecule has 2 aromatic carbocycles. The van der Waals surface area contributed by atoms with Gasteiger partial charge in [0.05, 0.1) is 0 Å². The molecule has 0 fully saturated rings. The van der Waals surface area contributed by atoms with E-state index in [0.717, 1.165) is 6.07 Å². The third-order valence-electron chi connectivity index (χ3n) is 4.03. The van der Waals surface area contributed by atoms with Crippen LogP contribution in [0, 0.1) is 36.0 Å². The lowest BCUT2D eigenvalue weighted by Crippen LogP contribution is -2.37. The predicted molar refractivity (Wildman–Crippen MR) is 90.2 cm³/mol. The molecule has 0 aromatic heterocycles. The van der Waals surface area contributed by atoms with Crippen LogP contribution < -0.4 is 10.3 Å². The van der Waals surface area contributed by atoms with Crippen molar-refractivity contribution in [3.8, 4) is 0 Å². The summed E-state index contributed by atoms with van der Waals surface area (Å²) in [7, 11) is 0. The lowest BCUT2D eigenvalue weighted by atomic mass is 10.1. The third-order valence-corrected chi connectivity index (χ3v) is 4.03. The number of aryl methyl sites for hydroxylation is 1. The number of rotatable bonds is 3. The minimum atomic E-state index is -1.81. The van der Waals surface area contributed by atoms with Crippen molar-refractivity contribution in [3.63, 3.8) is 0 Å². The Kier molecular flexibility index (Phi) is 5.12. The molecule has 1 aliphatic heterocycles. The fourth-order valence-electron chi connectivity index (χ4n) is 2.60. The molecule has 2 amide bonds. The molecule has 3 rings (SSSR count). The van der Waals surface area contributed by atoms with E-state index in [1.54, 1.807) is 0 Å². The number of nitrogens with one attached hydrogen (secondary N) is 1. The van der Waals surface area contributed by atoms with Gasteiger partial charge in [-0.1, -0.05) is 0 Å². The molecule has 2 aromatic rings. The molecule has 0 saturated heterocycles. The summed E-state index contributed by atoms with van der Waals surface area (Å²) in [5, 5.41) is 6.15. The van der Waals surface area contributed by atoms with Gasteiger partial charge in [-0.15, -0.1) is 0 Å². The van der Waals surface area contributed by atoms with Crippen molar-refractivity contribution in [2.75, 3.05) is 10.3 Å². The van der Waals surface area contributed by atoms with Crippen molar-refractivity contribution in [1.29, 1.82) is 0 Å². The number of hydrogen-bond acceptors (Lipinski definition) is 3. The summed E-state index contributed by atoms with van der Waals surface area (Å²) in [6.45, 7) is 1.54. The average molecular weight is 397 g/mol. The van der Waals surface area contributed by atoms with Crippen molar-refractivity contribution >= 4 is 28.9 Å². The van der Waals surface area contributed by atoms with Gasteiger partial charge in [-0.3, -0.25) is 9.59 Å². The number of benzene rings is 2. The highest BCUT2D eigenvalue weighted by Gasteiger charge is 2.32. The molecule has 0 bridgehead atoms. The summed E-state index contributed by atoms with van der Waals surface area (Å²) in [4.78, 5) is 24.4. The zero-order valence-corrected chi connectivity index (χ0v) is 14.3. The number of hydrazone groups is 1. The van der Waals surface area contributed by atoms with Crippen molar-refractivity contribution < 1.29 is 31.5 Å². The molecule has 1 N–H and O–H groups in total. The Morgan fingerprint density at radius 2 is 1.68 bits per heavy atom. The van der Waals surface area contributed by atoms with Crippen LogP contribution in [0.5, 0.6) is 0 Å². The number of hydrogen-bond donors (Lipinski definition) is 1. The van der Waals surface area contributed by atoms with Gasteiger partial charge in [-0.25, -0.2) is 22.0 Å². The molecule has 5 nitrogen and oxygen atoms in total. The SMILES string of the molecule is Cc1cc(F)ccc1NC(=O)C1=NN(c2c(F)c(F)cc(F)c2F)C(=O)CC1. The summed E-state index contributed by atoms with van der Waals surface area (Å²) in [5.41, 5.74) is -0.981. The zero-order chi connectivity index (χ0) is 20.6. The van der Waals surface area contributed by atoms with Crippen molar-refractivity contribution in [3.05, 3.63) is 58.9 Å². The highest BCUT2D eigenvalue weighted by molar-refractivity contribution is 6.44. The molecule has 0 unspecified atom stereocenters. The van der Waals surface area contributed by atoms with Crippen LogP contribution in [0.1, 0.15) is 18.4 Å². The van der Waals surface area contributed by atoms with Crippen LogP contribution in [0.15, 0.2) is 29.4 Å². The van der Waals surface area contributed by atoms with Gasteiger partial charge in [0.25, 0.3) is 5.91 Å². The van der Waals surface area contributed by atoms with Gasteiger partial charge in [-0.05, 0) is 30.7 Å². The van der Waals surface area contributed by atoms with E-state index < -0.39 is 46.6 Å². The first-order valence-electron chi connectivity index (χ1n) is 8.00. The summed E-state index contributed by atoms with van der Waals surface area (Å²) >= 11 is 0. The van der Waals surface area contributed by atoms with Crippen LogP contribution >= 0.6 is 0 Å². The Bertz CT molecular complexity index is 997. The fourth-order valence-corrected chi connectivity index (χ4v) is 2.60. The maximum Gasteiger partial charge on any atom is 0.271 e. The Hall–Kier alpha value is -3.30. The Labute approximate surface area is 155 Å². The van der Waals surface area contributed by atoms with Crippen LogP contribution in [-0.4, -0.2) is 17.5 Å². The monoisotopic (exact) mass is 397 g/mol. The fraction of sp³-hybridized carbons (Fsp3) is 0.167. The van der Waals surface area contributed by atoms with E-state index in [2.05, 4.69) is 10.4 Å². The first kappa shape index (κ1) is 19.5. The second-order valence-electron chi connectivity index (χ2n) is 5.98. The van der Waals surface area contributed by atoms with E-state index in [1.807, 2.05) is 0 Å². The first-order chi connectivity index (χ1) is 13.2. The summed E-state index contributed by atoms with van der Waals surface area (Å²) in [6, 6.07) is 3.59. The van der Waals surface area contributed by atoms with Crippen molar-refractivity contribution in [1.82, 2.24) is 0 Å². The zero-order valence-electron chi connectivity index (χ0n) is 14.3.